The van der Waals surface area contributed by atoms with E-state index in [-0.39, 0.29) is 25.7 Å². The summed E-state index contributed by atoms with van der Waals surface area (Å²) in [6, 6.07) is 0. The fourth-order valence-electron chi connectivity index (χ4n) is 12.9. The molecule has 0 heterocycles. The van der Waals surface area contributed by atoms with Crippen LogP contribution >= 0.6 is 15.6 Å². The number of esters is 4. The van der Waals surface area contributed by atoms with Crippen LogP contribution in [0.1, 0.15) is 434 Å². The molecule has 0 aromatic heterocycles. The Morgan fingerprint density at radius 2 is 0.466 bits per heavy atom. The second-order valence-corrected chi connectivity index (χ2v) is 34.6. The quantitative estimate of drug-likeness (QED) is 0.0222. The molecule has 0 rings (SSSR count). The zero-order valence-electron chi connectivity index (χ0n) is 68.0. The number of ether oxygens (including phenoxy) is 4. The molecule has 0 spiro atoms. The molecule has 0 saturated carbocycles. The topological polar surface area (TPSA) is 237 Å². The number of unbranched alkanes of at least 4 members (excludes halogenated alkanes) is 45. The lowest BCUT2D eigenvalue weighted by molar-refractivity contribution is -0.161. The minimum absolute atomic E-state index is 0.103. The van der Waals surface area contributed by atoms with Crippen LogP contribution in [0.25, 0.3) is 0 Å². The van der Waals surface area contributed by atoms with Gasteiger partial charge in [-0.05, 0) is 49.4 Å². The van der Waals surface area contributed by atoms with Gasteiger partial charge in [0.15, 0.2) is 12.2 Å². The Hall–Kier alpha value is -1.94. The maximum absolute atomic E-state index is 13.1. The summed E-state index contributed by atoms with van der Waals surface area (Å²) in [4.78, 5) is 73.0. The van der Waals surface area contributed by atoms with E-state index in [1.54, 1.807) is 0 Å². The van der Waals surface area contributed by atoms with Gasteiger partial charge in [0.05, 0.1) is 26.4 Å². The first-order valence-electron chi connectivity index (χ1n) is 43.3. The van der Waals surface area contributed by atoms with Crippen molar-refractivity contribution in [1.29, 1.82) is 0 Å². The first-order chi connectivity index (χ1) is 49.7. The van der Waals surface area contributed by atoms with Crippen LogP contribution in [0.4, 0.5) is 0 Å². The molecule has 5 unspecified atom stereocenters. The van der Waals surface area contributed by atoms with E-state index in [0.717, 1.165) is 114 Å². The Kier molecular flexibility index (Phi) is 71.5. The molecule has 0 aliphatic heterocycles. The summed E-state index contributed by atoms with van der Waals surface area (Å²) in [6.07, 6.45) is 61.4. The Morgan fingerprint density at radius 3 is 0.689 bits per heavy atom. The summed E-state index contributed by atoms with van der Waals surface area (Å²) in [5.74, 6) is 1.00. The number of phosphoric ester groups is 2. The number of rotatable bonds is 81. The highest BCUT2D eigenvalue weighted by atomic mass is 31.2. The van der Waals surface area contributed by atoms with Crippen LogP contribution in [0.3, 0.4) is 0 Å². The molecule has 612 valence electrons. The van der Waals surface area contributed by atoms with Crippen molar-refractivity contribution >= 4 is 39.5 Å². The fourth-order valence-corrected chi connectivity index (χ4v) is 14.5. The number of aliphatic hydroxyl groups excluding tert-OH is 1. The highest BCUT2D eigenvalue weighted by Gasteiger charge is 2.30. The third-order valence-electron chi connectivity index (χ3n) is 20.3. The molecule has 103 heavy (non-hydrogen) atoms. The van der Waals surface area contributed by atoms with E-state index < -0.39 is 97.5 Å². The molecule has 0 bridgehead atoms. The maximum Gasteiger partial charge on any atom is 0.472 e. The van der Waals surface area contributed by atoms with Gasteiger partial charge in [-0.15, -0.1) is 0 Å². The second-order valence-electron chi connectivity index (χ2n) is 31.7. The molecule has 0 aliphatic carbocycles. The normalized spacial score (nSPS) is 14.5. The number of aliphatic hydroxyl groups is 1. The minimum Gasteiger partial charge on any atom is -0.462 e. The molecule has 0 fully saturated rings. The van der Waals surface area contributed by atoms with Crippen molar-refractivity contribution in [3.8, 4) is 0 Å². The van der Waals surface area contributed by atoms with E-state index in [1.807, 2.05) is 0 Å². The zero-order valence-corrected chi connectivity index (χ0v) is 69.7. The lowest BCUT2D eigenvalue weighted by atomic mass is 9.99. The summed E-state index contributed by atoms with van der Waals surface area (Å²) in [7, 11) is -9.92. The van der Waals surface area contributed by atoms with Gasteiger partial charge in [0.25, 0.3) is 0 Å². The van der Waals surface area contributed by atoms with Gasteiger partial charge in [0.2, 0.25) is 0 Å². The highest BCUT2D eigenvalue weighted by molar-refractivity contribution is 7.47. The summed E-state index contributed by atoms with van der Waals surface area (Å²) < 4.78 is 68.7. The summed E-state index contributed by atoms with van der Waals surface area (Å²) in [6.45, 7) is 14.3. The second kappa shape index (κ2) is 72.9. The molecular weight excluding hydrogens is 1340 g/mol. The molecule has 0 amide bonds. The van der Waals surface area contributed by atoms with Crippen molar-refractivity contribution in [2.24, 2.45) is 23.7 Å². The van der Waals surface area contributed by atoms with Crippen LogP contribution in [0.15, 0.2) is 0 Å². The number of phosphoric acid groups is 2. The molecule has 0 saturated heterocycles. The molecule has 7 atom stereocenters. The predicted octanol–water partition coefficient (Wildman–Crippen LogP) is 25.2. The first kappa shape index (κ1) is 101. The van der Waals surface area contributed by atoms with Crippen LogP contribution in [0.5, 0.6) is 0 Å². The van der Waals surface area contributed by atoms with E-state index in [9.17, 15) is 43.2 Å². The van der Waals surface area contributed by atoms with Gasteiger partial charge < -0.3 is 33.8 Å². The van der Waals surface area contributed by atoms with E-state index in [0.29, 0.717) is 31.6 Å². The van der Waals surface area contributed by atoms with E-state index >= 15 is 0 Å². The summed E-state index contributed by atoms with van der Waals surface area (Å²) >= 11 is 0. The number of carbonyl (C=O) groups excluding carboxylic acids is 4. The molecule has 19 heteroatoms. The average molecular weight is 1510 g/mol. The fraction of sp³-hybridized carbons (Fsp3) is 0.952. The lowest BCUT2D eigenvalue weighted by Crippen LogP contribution is -2.30. The van der Waals surface area contributed by atoms with Gasteiger partial charge in [-0.2, -0.15) is 0 Å². The van der Waals surface area contributed by atoms with Crippen LogP contribution in [-0.2, 0) is 65.4 Å². The highest BCUT2D eigenvalue weighted by Crippen LogP contribution is 2.45. The van der Waals surface area contributed by atoms with Crippen LogP contribution in [-0.4, -0.2) is 96.7 Å². The van der Waals surface area contributed by atoms with Gasteiger partial charge in [-0.1, -0.05) is 383 Å². The van der Waals surface area contributed by atoms with E-state index in [1.165, 1.54) is 231 Å². The van der Waals surface area contributed by atoms with Crippen molar-refractivity contribution in [3.05, 3.63) is 0 Å². The Labute approximate surface area is 632 Å². The predicted molar refractivity (Wildman–Crippen MR) is 423 cm³/mol. The average Bonchev–Trinajstić information content (AvgIpc) is 0.918. The molecule has 17 nitrogen and oxygen atoms in total. The van der Waals surface area contributed by atoms with Crippen LogP contribution in [0.2, 0.25) is 0 Å². The number of hydrogen-bond donors (Lipinski definition) is 3. The summed E-state index contributed by atoms with van der Waals surface area (Å²) in [5.41, 5.74) is 0. The molecular formula is C84H164O17P2. The van der Waals surface area contributed by atoms with Gasteiger partial charge >= 0.3 is 39.5 Å². The third kappa shape index (κ3) is 75.3. The Morgan fingerprint density at radius 1 is 0.272 bits per heavy atom. The first-order valence-corrected chi connectivity index (χ1v) is 46.3. The minimum atomic E-state index is -4.96. The molecule has 0 radical (unpaired) electrons. The zero-order chi connectivity index (χ0) is 76.0. The molecule has 3 N–H and O–H groups in total. The van der Waals surface area contributed by atoms with E-state index in [2.05, 4.69) is 55.4 Å². The van der Waals surface area contributed by atoms with Gasteiger partial charge in [0, 0.05) is 25.7 Å². The molecule has 0 aromatic rings. The van der Waals surface area contributed by atoms with Crippen molar-refractivity contribution in [2.45, 2.75) is 453 Å². The van der Waals surface area contributed by atoms with Crippen molar-refractivity contribution < 1.29 is 80.2 Å². The largest absolute Gasteiger partial charge is 0.472 e. The van der Waals surface area contributed by atoms with Gasteiger partial charge in [-0.25, -0.2) is 9.13 Å². The molecule has 0 aliphatic rings. The van der Waals surface area contributed by atoms with E-state index in [4.69, 9.17) is 37.0 Å². The SMILES string of the molecule is CCC(C)CCCCCCCCCCCCCCCCCCCCC(=O)OC[C@H](COP(=O)(O)OCC(O)COP(=O)(O)OC[C@@H](COC(=O)CCCCCCCCCC(C)C)OC(=O)CCCCCCCCCCCCCCCCCCCCC(C)C)OC(=O)CCCCCCCCC(C)CC. The maximum atomic E-state index is 13.1. The number of hydrogen-bond acceptors (Lipinski definition) is 15. The smallest absolute Gasteiger partial charge is 0.462 e. The Balaban J connectivity index is 5.11. The third-order valence-corrected chi connectivity index (χ3v) is 22.2. The van der Waals surface area contributed by atoms with Crippen LogP contribution in [0, 0.1) is 23.7 Å². The van der Waals surface area contributed by atoms with Crippen LogP contribution < -0.4 is 0 Å². The standard InChI is InChI=1S/C84H164O17P2/c1-9-76(7)62-54-46-38-32-28-24-20-16-12-14-17-21-25-29-33-39-48-56-64-81(86)94-71-80(101-84(89)67-59-51-43-42-47-55-63-77(8)10-2)73-99-103(92,93)97-69-78(85)68-96-102(90,91)98-72-79(70-95-82(87)65-57-49-41-35-37-45-53-61-75(5)6)100-83(88)66-58-50-40-34-30-26-22-18-13-11-15-19-23-27-31-36-44-52-60-74(3)4/h74-80,85H,9-73H2,1-8H3,(H,90,91)(H,92,93)/t76?,77?,78?,79-,80-/m1/s1. The Bertz CT molecular complexity index is 2010. The lowest BCUT2D eigenvalue weighted by Gasteiger charge is -2.21. The van der Waals surface area contributed by atoms with Gasteiger partial charge in [0.1, 0.15) is 19.3 Å². The van der Waals surface area contributed by atoms with Crippen molar-refractivity contribution in [2.75, 3.05) is 39.6 Å². The van der Waals surface area contributed by atoms with Gasteiger partial charge in [-0.3, -0.25) is 37.3 Å². The summed E-state index contributed by atoms with van der Waals surface area (Å²) in [5, 5.41) is 10.6. The number of carbonyl (C=O) groups is 4. The van der Waals surface area contributed by atoms with Crippen molar-refractivity contribution in [1.82, 2.24) is 0 Å². The van der Waals surface area contributed by atoms with Crippen molar-refractivity contribution in [3.63, 3.8) is 0 Å². The molecule has 0 aromatic carbocycles. The monoisotopic (exact) mass is 1510 g/mol.